The van der Waals surface area contributed by atoms with Crippen molar-refractivity contribution in [3.63, 3.8) is 0 Å². The van der Waals surface area contributed by atoms with Gasteiger partial charge in [0, 0.05) is 38.4 Å². The van der Waals surface area contributed by atoms with E-state index in [0.29, 0.717) is 12.5 Å². The summed E-state index contributed by atoms with van der Waals surface area (Å²) in [7, 11) is 0. The number of piperidine rings is 1. The summed E-state index contributed by atoms with van der Waals surface area (Å²) in [6, 6.07) is 9.64. The molecule has 3 atom stereocenters. The molecule has 0 aromatic carbocycles. The van der Waals surface area contributed by atoms with Crippen LogP contribution in [0.5, 0.6) is 0 Å². The number of furan rings is 1. The molecule has 2 aromatic rings. The van der Waals surface area contributed by atoms with Gasteiger partial charge in [-0.05, 0) is 30.7 Å². The minimum absolute atomic E-state index is 0.0556. The summed E-state index contributed by atoms with van der Waals surface area (Å²) < 4.78 is 11.2. The molecule has 6 heteroatoms. The number of amides is 1. The summed E-state index contributed by atoms with van der Waals surface area (Å²) in [4.78, 5) is 19.5. The molecule has 25 heavy (non-hydrogen) atoms. The first-order valence-corrected chi connectivity index (χ1v) is 8.83. The summed E-state index contributed by atoms with van der Waals surface area (Å²) in [5.74, 6) is 1.10. The maximum absolute atomic E-state index is 12.8. The van der Waals surface area contributed by atoms with E-state index in [-0.39, 0.29) is 17.9 Å². The lowest BCUT2D eigenvalue weighted by atomic mass is 9.82. The second-order valence-electron chi connectivity index (χ2n) is 6.78. The van der Waals surface area contributed by atoms with Crippen molar-refractivity contribution < 1.29 is 13.9 Å². The number of rotatable bonds is 5. The smallest absolute Gasteiger partial charge is 0.225 e. The van der Waals surface area contributed by atoms with Crippen molar-refractivity contribution in [1.29, 1.82) is 0 Å². The van der Waals surface area contributed by atoms with Gasteiger partial charge < -0.3 is 14.5 Å². The second kappa shape index (κ2) is 7.37. The summed E-state index contributed by atoms with van der Waals surface area (Å²) in [5.41, 5.74) is 1.02. The molecule has 0 saturated carbocycles. The molecular formula is C19H23N3O3. The van der Waals surface area contributed by atoms with E-state index in [4.69, 9.17) is 9.15 Å². The zero-order chi connectivity index (χ0) is 17.1. The van der Waals surface area contributed by atoms with E-state index in [9.17, 15) is 4.79 Å². The molecule has 0 radical (unpaired) electrons. The highest BCUT2D eigenvalue weighted by atomic mass is 16.5. The molecule has 0 aliphatic carbocycles. The lowest BCUT2D eigenvalue weighted by Gasteiger charge is -2.39. The van der Waals surface area contributed by atoms with Crippen molar-refractivity contribution in [3.05, 3.63) is 54.2 Å². The number of nitrogens with zero attached hydrogens (tertiary/aromatic N) is 2. The Bertz CT molecular complexity index is 689. The highest BCUT2D eigenvalue weighted by molar-refractivity contribution is 5.79. The van der Waals surface area contributed by atoms with Crippen LogP contribution < -0.4 is 5.32 Å². The zero-order valence-electron chi connectivity index (χ0n) is 14.1. The molecule has 0 unspecified atom stereocenters. The van der Waals surface area contributed by atoms with Gasteiger partial charge in [0.05, 0.1) is 30.5 Å². The fourth-order valence-electron chi connectivity index (χ4n) is 3.90. The SMILES string of the molecule is O=C(NCc1ccco1)[C@@H]1CN(Cc2ccccn2)C[C@@H]2OCC[C@@H]21. The Morgan fingerprint density at radius 3 is 3.04 bits per heavy atom. The maximum atomic E-state index is 12.8. The van der Waals surface area contributed by atoms with Gasteiger partial charge >= 0.3 is 0 Å². The molecule has 0 bridgehead atoms. The first-order chi connectivity index (χ1) is 12.3. The van der Waals surface area contributed by atoms with E-state index in [0.717, 1.165) is 44.1 Å². The summed E-state index contributed by atoms with van der Waals surface area (Å²) >= 11 is 0. The van der Waals surface area contributed by atoms with E-state index in [1.54, 1.807) is 6.26 Å². The molecule has 132 valence electrons. The molecule has 4 heterocycles. The van der Waals surface area contributed by atoms with Crippen molar-refractivity contribution in [2.45, 2.75) is 25.6 Å². The van der Waals surface area contributed by atoms with Crippen LogP contribution in [0.2, 0.25) is 0 Å². The number of fused-ring (bicyclic) bond motifs is 1. The largest absolute Gasteiger partial charge is 0.467 e. The third-order valence-electron chi connectivity index (χ3n) is 5.14. The quantitative estimate of drug-likeness (QED) is 0.899. The van der Waals surface area contributed by atoms with Gasteiger partial charge in [-0.2, -0.15) is 0 Å². The van der Waals surface area contributed by atoms with Crippen LogP contribution in [0.15, 0.2) is 47.2 Å². The first kappa shape index (κ1) is 16.3. The highest BCUT2D eigenvalue weighted by Gasteiger charge is 2.43. The summed E-state index contributed by atoms with van der Waals surface area (Å²) in [6.07, 6.45) is 4.53. The lowest BCUT2D eigenvalue weighted by Crippen LogP contribution is -2.52. The van der Waals surface area contributed by atoms with Crippen LogP contribution in [-0.2, 0) is 22.6 Å². The number of aromatic nitrogens is 1. The highest BCUT2D eigenvalue weighted by Crippen LogP contribution is 2.34. The Labute approximate surface area is 147 Å². The fraction of sp³-hybridized carbons (Fsp3) is 0.474. The molecule has 2 saturated heterocycles. The van der Waals surface area contributed by atoms with Crippen molar-refractivity contribution in [2.75, 3.05) is 19.7 Å². The number of hydrogen-bond donors (Lipinski definition) is 1. The van der Waals surface area contributed by atoms with Gasteiger partial charge in [0.2, 0.25) is 5.91 Å². The van der Waals surface area contributed by atoms with Crippen LogP contribution in [0.25, 0.3) is 0 Å². The van der Waals surface area contributed by atoms with Gasteiger partial charge in [-0.3, -0.25) is 14.7 Å². The van der Waals surface area contributed by atoms with Crippen LogP contribution in [-0.4, -0.2) is 41.6 Å². The number of ether oxygens (including phenoxy) is 1. The topological polar surface area (TPSA) is 67.6 Å². The fourth-order valence-corrected chi connectivity index (χ4v) is 3.90. The van der Waals surface area contributed by atoms with E-state index in [2.05, 4.69) is 15.2 Å². The van der Waals surface area contributed by atoms with Crippen molar-refractivity contribution in [3.8, 4) is 0 Å². The van der Waals surface area contributed by atoms with Gasteiger partial charge in [-0.25, -0.2) is 0 Å². The molecule has 2 fully saturated rings. The molecule has 1 amide bonds. The van der Waals surface area contributed by atoms with Gasteiger partial charge in [0.25, 0.3) is 0 Å². The number of carbonyl (C=O) groups is 1. The lowest BCUT2D eigenvalue weighted by molar-refractivity contribution is -0.131. The van der Waals surface area contributed by atoms with Crippen LogP contribution >= 0.6 is 0 Å². The van der Waals surface area contributed by atoms with Crippen LogP contribution in [0.1, 0.15) is 17.9 Å². The van der Waals surface area contributed by atoms with Gasteiger partial charge in [-0.15, -0.1) is 0 Å². The molecule has 0 spiro atoms. The predicted octanol–water partition coefficient (Wildman–Crippen LogP) is 1.83. The average Bonchev–Trinajstić information content (AvgIpc) is 3.31. The van der Waals surface area contributed by atoms with Gasteiger partial charge in [-0.1, -0.05) is 6.07 Å². The van der Waals surface area contributed by atoms with Crippen molar-refractivity contribution in [1.82, 2.24) is 15.2 Å². The predicted molar refractivity (Wildman–Crippen MR) is 91.4 cm³/mol. The summed E-state index contributed by atoms with van der Waals surface area (Å²) in [5, 5.41) is 3.02. The van der Waals surface area contributed by atoms with Crippen LogP contribution in [0, 0.1) is 11.8 Å². The van der Waals surface area contributed by atoms with E-state index in [1.807, 2.05) is 36.5 Å². The molecule has 4 rings (SSSR count). The number of nitrogens with one attached hydrogen (secondary N) is 1. The standard InChI is InChI=1S/C19H23N3O3/c23-19(21-10-15-5-3-8-24-15)17-12-22(11-14-4-1-2-7-20-14)13-18-16(17)6-9-25-18/h1-5,7-8,16-18H,6,9-13H2,(H,21,23)/t16-,17-,18+/m1/s1. The summed E-state index contributed by atoms with van der Waals surface area (Å²) in [6.45, 7) is 3.53. The molecule has 6 nitrogen and oxygen atoms in total. The Morgan fingerprint density at radius 1 is 1.28 bits per heavy atom. The van der Waals surface area contributed by atoms with Gasteiger partial charge in [0.1, 0.15) is 5.76 Å². The van der Waals surface area contributed by atoms with E-state index >= 15 is 0 Å². The Balaban J connectivity index is 1.42. The molecule has 2 aromatic heterocycles. The van der Waals surface area contributed by atoms with Gasteiger partial charge in [0.15, 0.2) is 0 Å². The molecular weight excluding hydrogens is 318 g/mol. The van der Waals surface area contributed by atoms with Crippen molar-refractivity contribution >= 4 is 5.91 Å². The Morgan fingerprint density at radius 2 is 2.24 bits per heavy atom. The number of pyridine rings is 1. The third kappa shape index (κ3) is 3.75. The number of hydrogen-bond acceptors (Lipinski definition) is 5. The van der Waals surface area contributed by atoms with Crippen LogP contribution in [0.3, 0.4) is 0 Å². The van der Waals surface area contributed by atoms with Crippen molar-refractivity contribution in [2.24, 2.45) is 11.8 Å². The molecule has 2 aliphatic rings. The molecule has 1 N–H and O–H groups in total. The maximum Gasteiger partial charge on any atom is 0.225 e. The minimum atomic E-state index is -0.0556. The Hall–Kier alpha value is -2.18. The third-order valence-corrected chi connectivity index (χ3v) is 5.14. The Kier molecular flexibility index (Phi) is 4.81. The second-order valence-corrected chi connectivity index (χ2v) is 6.78. The number of carbonyl (C=O) groups excluding carboxylic acids is 1. The van der Waals surface area contributed by atoms with Crippen LogP contribution in [0.4, 0.5) is 0 Å². The monoisotopic (exact) mass is 341 g/mol. The molecule has 2 aliphatic heterocycles. The minimum Gasteiger partial charge on any atom is -0.467 e. The number of likely N-dealkylation sites (tertiary alicyclic amines) is 1. The van der Waals surface area contributed by atoms with E-state index < -0.39 is 0 Å². The normalized spacial score (nSPS) is 26.3. The zero-order valence-corrected chi connectivity index (χ0v) is 14.1. The first-order valence-electron chi connectivity index (χ1n) is 8.83. The van der Waals surface area contributed by atoms with E-state index in [1.165, 1.54) is 0 Å². The average molecular weight is 341 g/mol.